The summed E-state index contributed by atoms with van der Waals surface area (Å²) in [6, 6.07) is 9.71. The highest BCUT2D eigenvalue weighted by atomic mass is 32.2. The van der Waals surface area contributed by atoms with Crippen LogP contribution >= 0.6 is 0 Å². The molecule has 1 aromatic carbocycles. The number of aromatic nitrogens is 4. The summed E-state index contributed by atoms with van der Waals surface area (Å²) in [6.07, 6.45) is 4.95. The van der Waals surface area contributed by atoms with E-state index in [1.165, 1.54) is 12.6 Å². The van der Waals surface area contributed by atoms with Gasteiger partial charge in [0.05, 0.1) is 23.0 Å². The fourth-order valence-corrected chi connectivity index (χ4v) is 3.20. The zero-order valence-electron chi connectivity index (χ0n) is 13.5. The normalized spacial score (nSPS) is 13.1. The molecule has 0 saturated heterocycles. The molecule has 1 atom stereocenters. The van der Waals surface area contributed by atoms with Crippen LogP contribution in [-0.4, -0.2) is 46.2 Å². The highest BCUT2D eigenvalue weighted by molar-refractivity contribution is 7.90. The summed E-state index contributed by atoms with van der Waals surface area (Å²) in [7, 11) is -2.98. The SMILES string of the molecule is CC(CCS(C)(=O)=O)Nc1ncnc2c1cnn2-c1ccccc1. The summed E-state index contributed by atoms with van der Waals surface area (Å²) < 4.78 is 24.3. The number of anilines is 1. The molecular weight excluding hydrogens is 326 g/mol. The number of nitrogens with one attached hydrogen (secondary N) is 1. The van der Waals surface area contributed by atoms with Crippen LogP contribution in [0.2, 0.25) is 0 Å². The van der Waals surface area contributed by atoms with E-state index in [4.69, 9.17) is 0 Å². The van der Waals surface area contributed by atoms with Crippen LogP contribution < -0.4 is 5.32 Å². The van der Waals surface area contributed by atoms with Crippen LogP contribution in [0.1, 0.15) is 13.3 Å². The quantitative estimate of drug-likeness (QED) is 0.735. The molecule has 0 radical (unpaired) electrons. The largest absolute Gasteiger partial charge is 0.367 e. The third-order valence-corrected chi connectivity index (χ3v) is 4.65. The Morgan fingerprint density at radius 2 is 1.96 bits per heavy atom. The standard InChI is InChI=1S/C16H19N5O2S/c1-12(8-9-24(2,22)23)20-15-14-10-19-21(16(14)18-11-17-15)13-6-4-3-5-7-13/h3-7,10-12H,8-9H2,1-2H3,(H,17,18,20). The first-order chi connectivity index (χ1) is 11.4. The molecule has 1 N–H and O–H groups in total. The van der Waals surface area contributed by atoms with Gasteiger partial charge in [-0.05, 0) is 25.5 Å². The maximum absolute atomic E-state index is 11.3. The molecule has 2 heterocycles. The maximum atomic E-state index is 11.3. The Bertz CT molecular complexity index is 938. The van der Waals surface area contributed by atoms with E-state index < -0.39 is 9.84 Å². The molecule has 0 fully saturated rings. The summed E-state index contributed by atoms with van der Waals surface area (Å²) in [6.45, 7) is 1.93. The summed E-state index contributed by atoms with van der Waals surface area (Å²) >= 11 is 0. The third kappa shape index (κ3) is 3.70. The number of fused-ring (bicyclic) bond motifs is 1. The van der Waals surface area contributed by atoms with E-state index in [9.17, 15) is 8.42 Å². The molecule has 0 saturated carbocycles. The average molecular weight is 345 g/mol. The first kappa shape index (κ1) is 16.4. The molecule has 3 aromatic rings. The molecule has 0 bridgehead atoms. The van der Waals surface area contributed by atoms with E-state index in [0.29, 0.717) is 17.9 Å². The van der Waals surface area contributed by atoms with Gasteiger partial charge in [-0.15, -0.1) is 0 Å². The monoisotopic (exact) mass is 345 g/mol. The fourth-order valence-electron chi connectivity index (χ4n) is 2.41. The number of hydrogen-bond donors (Lipinski definition) is 1. The molecule has 2 aromatic heterocycles. The summed E-state index contributed by atoms with van der Waals surface area (Å²) in [5, 5.41) is 8.45. The van der Waals surface area contributed by atoms with Crippen LogP contribution in [-0.2, 0) is 9.84 Å². The minimum Gasteiger partial charge on any atom is -0.367 e. The number of hydrogen-bond acceptors (Lipinski definition) is 6. The van der Waals surface area contributed by atoms with Gasteiger partial charge in [-0.25, -0.2) is 23.1 Å². The number of para-hydroxylation sites is 1. The molecule has 3 rings (SSSR count). The van der Waals surface area contributed by atoms with Crippen LogP contribution in [0.5, 0.6) is 0 Å². The zero-order chi connectivity index (χ0) is 17.2. The highest BCUT2D eigenvalue weighted by Gasteiger charge is 2.14. The minimum absolute atomic E-state index is 0.0297. The number of nitrogens with zero attached hydrogens (tertiary/aromatic N) is 4. The van der Waals surface area contributed by atoms with E-state index in [-0.39, 0.29) is 11.8 Å². The lowest BCUT2D eigenvalue weighted by atomic mass is 10.2. The molecular formula is C16H19N5O2S. The molecule has 0 spiro atoms. The lowest BCUT2D eigenvalue weighted by molar-refractivity contribution is 0.595. The summed E-state index contributed by atoms with van der Waals surface area (Å²) in [5.41, 5.74) is 1.62. The number of rotatable bonds is 6. The van der Waals surface area contributed by atoms with Gasteiger partial charge in [0.1, 0.15) is 22.0 Å². The third-order valence-electron chi connectivity index (χ3n) is 3.67. The average Bonchev–Trinajstić information content (AvgIpc) is 2.98. The van der Waals surface area contributed by atoms with Gasteiger partial charge >= 0.3 is 0 Å². The van der Waals surface area contributed by atoms with Crippen molar-refractivity contribution in [3.05, 3.63) is 42.9 Å². The van der Waals surface area contributed by atoms with Crippen molar-refractivity contribution < 1.29 is 8.42 Å². The van der Waals surface area contributed by atoms with Crippen molar-refractivity contribution in [1.82, 2.24) is 19.7 Å². The Hall–Kier alpha value is -2.48. The summed E-state index contributed by atoms with van der Waals surface area (Å²) in [5.74, 6) is 0.793. The van der Waals surface area contributed by atoms with Crippen molar-refractivity contribution >= 4 is 26.7 Å². The lowest BCUT2D eigenvalue weighted by Crippen LogP contribution is -2.20. The highest BCUT2D eigenvalue weighted by Crippen LogP contribution is 2.22. The Labute approximate surface area is 140 Å². The van der Waals surface area contributed by atoms with Gasteiger partial charge in [0.15, 0.2) is 5.65 Å². The molecule has 8 heteroatoms. The lowest BCUT2D eigenvalue weighted by Gasteiger charge is -2.14. The predicted molar refractivity (Wildman–Crippen MR) is 94.1 cm³/mol. The summed E-state index contributed by atoms with van der Waals surface area (Å²) in [4.78, 5) is 8.60. The Kier molecular flexibility index (Phi) is 4.48. The Morgan fingerprint density at radius 1 is 1.21 bits per heavy atom. The van der Waals surface area contributed by atoms with Gasteiger partial charge in [0.2, 0.25) is 0 Å². The molecule has 24 heavy (non-hydrogen) atoms. The minimum atomic E-state index is -2.98. The fraction of sp³-hybridized carbons (Fsp3) is 0.312. The van der Waals surface area contributed by atoms with E-state index in [1.54, 1.807) is 10.9 Å². The molecule has 126 valence electrons. The van der Waals surface area contributed by atoms with Crippen LogP contribution in [0.15, 0.2) is 42.9 Å². The Morgan fingerprint density at radius 3 is 2.67 bits per heavy atom. The molecule has 7 nitrogen and oxygen atoms in total. The van der Waals surface area contributed by atoms with Gasteiger partial charge in [0, 0.05) is 12.3 Å². The van der Waals surface area contributed by atoms with Crippen molar-refractivity contribution in [3.63, 3.8) is 0 Å². The second-order valence-electron chi connectivity index (χ2n) is 5.82. The molecule has 0 aliphatic carbocycles. The molecule has 1 unspecified atom stereocenters. The first-order valence-electron chi connectivity index (χ1n) is 7.62. The predicted octanol–water partition coefficient (Wildman–Crippen LogP) is 2.05. The van der Waals surface area contributed by atoms with Crippen LogP contribution in [0.4, 0.5) is 5.82 Å². The van der Waals surface area contributed by atoms with Gasteiger partial charge in [0.25, 0.3) is 0 Å². The Balaban J connectivity index is 1.87. The van der Waals surface area contributed by atoms with E-state index in [1.807, 2.05) is 37.3 Å². The van der Waals surface area contributed by atoms with Crippen LogP contribution in [0.25, 0.3) is 16.7 Å². The van der Waals surface area contributed by atoms with Crippen LogP contribution in [0.3, 0.4) is 0 Å². The first-order valence-corrected chi connectivity index (χ1v) is 9.68. The number of benzene rings is 1. The van der Waals surface area contributed by atoms with Crippen LogP contribution in [0, 0.1) is 0 Å². The van der Waals surface area contributed by atoms with Gasteiger partial charge in [-0.1, -0.05) is 18.2 Å². The van der Waals surface area contributed by atoms with E-state index in [2.05, 4.69) is 20.4 Å². The van der Waals surface area contributed by atoms with Gasteiger partial charge in [-0.2, -0.15) is 5.10 Å². The van der Waals surface area contributed by atoms with Gasteiger partial charge < -0.3 is 5.32 Å². The van der Waals surface area contributed by atoms with Crippen molar-refractivity contribution in [2.45, 2.75) is 19.4 Å². The smallest absolute Gasteiger partial charge is 0.168 e. The zero-order valence-corrected chi connectivity index (χ0v) is 14.4. The maximum Gasteiger partial charge on any atom is 0.168 e. The molecule has 0 aliphatic rings. The van der Waals surface area contributed by atoms with E-state index >= 15 is 0 Å². The van der Waals surface area contributed by atoms with Crippen molar-refractivity contribution in [2.24, 2.45) is 0 Å². The van der Waals surface area contributed by atoms with Crippen molar-refractivity contribution in [2.75, 3.05) is 17.3 Å². The van der Waals surface area contributed by atoms with Crippen molar-refractivity contribution in [1.29, 1.82) is 0 Å². The second kappa shape index (κ2) is 6.56. The van der Waals surface area contributed by atoms with E-state index in [0.717, 1.165) is 11.1 Å². The molecule has 0 amide bonds. The van der Waals surface area contributed by atoms with Gasteiger partial charge in [-0.3, -0.25) is 0 Å². The van der Waals surface area contributed by atoms with Crippen molar-refractivity contribution in [3.8, 4) is 5.69 Å². The number of sulfone groups is 1. The topological polar surface area (TPSA) is 89.8 Å². The molecule has 0 aliphatic heterocycles. The second-order valence-corrected chi connectivity index (χ2v) is 8.08.